The summed E-state index contributed by atoms with van der Waals surface area (Å²) in [5, 5.41) is 3.05. The molecule has 6 nitrogen and oxygen atoms in total. The van der Waals surface area contributed by atoms with Gasteiger partial charge in [-0.3, -0.25) is 9.59 Å². The molecular weight excluding hydrogens is 399 g/mol. The third kappa shape index (κ3) is 3.73. The first-order chi connectivity index (χ1) is 15.0. The van der Waals surface area contributed by atoms with E-state index in [2.05, 4.69) is 5.32 Å². The summed E-state index contributed by atoms with van der Waals surface area (Å²) in [4.78, 5) is 27.8. The zero-order valence-electron chi connectivity index (χ0n) is 16.9. The van der Waals surface area contributed by atoms with Gasteiger partial charge in [-0.25, -0.2) is 9.29 Å². The Morgan fingerprint density at radius 3 is 2.13 bits per heavy atom. The fourth-order valence-corrected chi connectivity index (χ4v) is 3.38. The molecule has 4 rings (SSSR count). The molecule has 1 aliphatic heterocycles. The van der Waals surface area contributed by atoms with Gasteiger partial charge in [-0.15, -0.1) is 0 Å². The van der Waals surface area contributed by atoms with Crippen LogP contribution in [0.5, 0.6) is 11.5 Å². The first kappa shape index (κ1) is 20.2. The van der Waals surface area contributed by atoms with Crippen molar-refractivity contribution in [1.29, 1.82) is 0 Å². The summed E-state index contributed by atoms with van der Waals surface area (Å²) in [6.45, 7) is 0. The Kier molecular flexibility index (Phi) is 5.41. The molecule has 0 fully saturated rings. The zero-order valence-corrected chi connectivity index (χ0v) is 16.9. The van der Waals surface area contributed by atoms with Gasteiger partial charge in [-0.2, -0.15) is 0 Å². The number of benzene rings is 3. The standard InChI is InChI=1S/C24H19FN2O4/c1-30-18-13-11-17(12-14-18)27-23(28)21(15-7-9-16(25)10-8-15)22(24(27)29)26-19-5-3-4-6-20(19)31-2/h3-14,26H,1-2H3. The van der Waals surface area contributed by atoms with Crippen molar-refractivity contribution in [2.45, 2.75) is 0 Å². The van der Waals surface area contributed by atoms with E-state index in [0.29, 0.717) is 28.4 Å². The number of anilines is 2. The highest BCUT2D eigenvalue weighted by Crippen LogP contribution is 2.36. The Bertz CT molecular complexity index is 1170. The lowest BCUT2D eigenvalue weighted by molar-refractivity contribution is -0.120. The van der Waals surface area contributed by atoms with Crippen LogP contribution in [-0.2, 0) is 9.59 Å². The number of methoxy groups -OCH3 is 2. The molecule has 7 heteroatoms. The van der Waals surface area contributed by atoms with Gasteiger partial charge in [0, 0.05) is 0 Å². The molecule has 0 aliphatic carbocycles. The molecular formula is C24H19FN2O4. The number of halogens is 1. The maximum atomic E-state index is 13.5. The van der Waals surface area contributed by atoms with E-state index in [1.54, 1.807) is 48.5 Å². The van der Waals surface area contributed by atoms with Crippen molar-refractivity contribution in [3.63, 3.8) is 0 Å². The normalized spacial score (nSPS) is 13.6. The van der Waals surface area contributed by atoms with Gasteiger partial charge in [0.1, 0.15) is 23.0 Å². The van der Waals surface area contributed by atoms with Crippen LogP contribution in [0.4, 0.5) is 15.8 Å². The van der Waals surface area contributed by atoms with Crippen LogP contribution in [0.25, 0.3) is 5.57 Å². The Morgan fingerprint density at radius 2 is 1.48 bits per heavy atom. The molecule has 1 N–H and O–H groups in total. The summed E-state index contributed by atoms with van der Waals surface area (Å²) in [7, 11) is 3.05. The number of ether oxygens (including phenoxy) is 2. The molecule has 3 aromatic rings. The molecule has 2 amide bonds. The predicted molar refractivity (Wildman–Crippen MR) is 115 cm³/mol. The van der Waals surface area contributed by atoms with E-state index in [1.165, 1.54) is 38.5 Å². The van der Waals surface area contributed by atoms with Gasteiger partial charge >= 0.3 is 0 Å². The van der Waals surface area contributed by atoms with Gasteiger partial charge in [-0.05, 0) is 54.1 Å². The quantitative estimate of drug-likeness (QED) is 0.607. The number of imide groups is 1. The van der Waals surface area contributed by atoms with Gasteiger partial charge in [0.25, 0.3) is 11.8 Å². The van der Waals surface area contributed by atoms with Crippen LogP contribution in [0.2, 0.25) is 0 Å². The number of rotatable bonds is 6. The fraction of sp³-hybridized carbons (Fsp3) is 0.0833. The Labute approximate surface area is 178 Å². The lowest BCUT2D eigenvalue weighted by Gasteiger charge is -2.16. The second kappa shape index (κ2) is 8.31. The molecule has 0 unspecified atom stereocenters. The van der Waals surface area contributed by atoms with Gasteiger partial charge in [0.15, 0.2) is 0 Å². The number of carbonyl (C=O) groups excluding carboxylic acids is 2. The number of hydrogen-bond donors (Lipinski definition) is 1. The molecule has 0 atom stereocenters. The Morgan fingerprint density at radius 1 is 0.806 bits per heavy atom. The van der Waals surface area contributed by atoms with Crippen LogP contribution >= 0.6 is 0 Å². The van der Waals surface area contributed by atoms with Crippen LogP contribution in [0, 0.1) is 5.82 Å². The average molecular weight is 418 g/mol. The fourth-order valence-electron chi connectivity index (χ4n) is 3.38. The highest BCUT2D eigenvalue weighted by molar-refractivity contribution is 6.46. The smallest absolute Gasteiger partial charge is 0.282 e. The molecule has 0 saturated heterocycles. The largest absolute Gasteiger partial charge is 0.497 e. The molecule has 0 bridgehead atoms. The topological polar surface area (TPSA) is 67.9 Å². The molecule has 0 radical (unpaired) electrons. The predicted octanol–water partition coefficient (Wildman–Crippen LogP) is 4.24. The molecule has 31 heavy (non-hydrogen) atoms. The molecule has 3 aromatic carbocycles. The second-order valence-electron chi connectivity index (χ2n) is 6.73. The van der Waals surface area contributed by atoms with E-state index < -0.39 is 17.6 Å². The SMILES string of the molecule is COc1ccc(N2C(=O)C(Nc3ccccc3OC)=C(c3ccc(F)cc3)C2=O)cc1. The van der Waals surface area contributed by atoms with Gasteiger partial charge in [0.05, 0.1) is 31.2 Å². The van der Waals surface area contributed by atoms with E-state index in [9.17, 15) is 14.0 Å². The van der Waals surface area contributed by atoms with E-state index in [0.717, 1.165) is 4.90 Å². The van der Waals surface area contributed by atoms with Gasteiger partial charge in [0.2, 0.25) is 0 Å². The third-order valence-corrected chi connectivity index (χ3v) is 4.91. The molecule has 0 aromatic heterocycles. The van der Waals surface area contributed by atoms with Crippen LogP contribution < -0.4 is 19.7 Å². The minimum absolute atomic E-state index is 0.0805. The maximum Gasteiger partial charge on any atom is 0.282 e. The lowest BCUT2D eigenvalue weighted by atomic mass is 10.0. The number of para-hydroxylation sites is 2. The van der Waals surface area contributed by atoms with E-state index in [1.807, 2.05) is 0 Å². The number of amides is 2. The summed E-state index contributed by atoms with van der Waals surface area (Å²) in [6.07, 6.45) is 0. The minimum atomic E-state index is -0.527. The highest BCUT2D eigenvalue weighted by Gasteiger charge is 2.40. The van der Waals surface area contributed by atoms with Crippen molar-refractivity contribution < 1.29 is 23.5 Å². The summed E-state index contributed by atoms with van der Waals surface area (Å²) in [5.74, 6) is -0.370. The van der Waals surface area contributed by atoms with E-state index in [4.69, 9.17) is 9.47 Å². The highest BCUT2D eigenvalue weighted by atomic mass is 19.1. The summed E-state index contributed by atoms with van der Waals surface area (Å²) in [5.41, 5.74) is 1.57. The summed E-state index contributed by atoms with van der Waals surface area (Å²) >= 11 is 0. The van der Waals surface area contributed by atoms with Crippen molar-refractivity contribution in [3.05, 3.63) is 89.9 Å². The summed E-state index contributed by atoms with van der Waals surface area (Å²) < 4.78 is 24.0. The average Bonchev–Trinajstić information content (AvgIpc) is 3.04. The van der Waals surface area contributed by atoms with Crippen molar-refractivity contribution in [2.24, 2.45) is 0 Å². The van der Waals surface area contributed by atoms with Crippen molar-refractivity contribution in [1.82, 2.24) is 0 Å². The second-order valence-corrected chi connectivity index (χ2v) is 6.73. The number of carbonyl (C=O) groups is 2. The van der Waals surface area contributed by atoms with E-state index >= 15 is 0 Å². The molecule has 0 spiro atoms. The van der Waals surface area contributed by atoms with Crippen molar-refractivity contribution in [2.75, 3.05) is 24.4 Å². The first-order valence-electron chi connectivity index (χ1n) is 9.46. The molecule has 0 saturated carbocycles. The van der Waals surface area contributed by atoms with Gasteiger partial charge < -0.3 is 14.8 Å². The maximum absolute atomic E-state index is 13.5. The van der Waals surface area contributed by atoms with Crippen LogP contribution in [-0.4, -0.2) is 26.0 Å². The Hall–Kier alpha value is -4.13. The van der Waals surface area contributed by atoms with Crippen molar-refractivity contribution >= 4 is 28.8 Å². The number of hydrogen-bond acceptors (Lipinski definition) is 5. The van der Waals surface area contributed by atoms with Crippen LogP contribution in [0.1, 0.15) is 5.56 Å². The lowest BCUT2D eigenvalue weighted by Crippen LogP contribution is -2.32. The number of nitrogens with zero attached hydrogens (tertiary/aromatic N) is 1. The van der Waals surface area contributed by atoms with E-state index in [-0.39, 0.29) is 11.3 Å². The molecule has 156 valence electrons. The summed E-state index contributed by atoms with van der Waals surface area (Å²) in [6, 6.07) is 19.1. The van der Waals surface area contributed by atoms with Crippen LogP contribution in [0.3, 0.4) is 0 Å². The zero-order chi connectivity index (χ0) is 22.0. The first-order valence-corrected chi connectivity index (χ1v) is 9.46. The Balaban J connectivity index is 1.81. The third-order valence-electron chi connectivity index (χ3n) is 4.91. The molecule has 1 heterocycles. The monoisotopic (exact) mass is 418 g/mol. The van der Waals surface area contributed by atoms with Crippen molar-refractivity contribution in [3.8, 4) is 11.5 Å². The van der Waals surface area contributed by atoms with Crippen LogP contribution in [0.15, 0.2) is 78.5 Å². The van der Waals surface area contributed by atoms with Gasteiger partial charge in [-0.1, -0.05) is 24.3 Å². The minimum Gasteiger partial charge on any atom is -0.497 e. The molecule has 1 aliphatic rings. The number of nitrogens with one attached hydrogen (secondary N) is 1.